The highest BCUT2D eigenvalue weighted by molar-refractivity contribution is 9.10. The van der Waals surface area contributed by atoms with Gasteiger partial charge in [-0.3, -0.25) is 19.1 Å². The van der Waals surface area contributed by atoms with Crippen molar-refractivity contribution >= 4 is 50.2 Å². The molecular weight excluding hydrogens is 672 g/mol. The summed E-state index contributed by atoms with van der Waals surface area (Å²) < 4.78 is 2.25. The molecule has 2 aliphatic heterocycles. The van der Waals surface area contributed by atoms with Crippen LogP contribution in [0.2, 0.25) is 0 Å². The molecule has 2 bridgehead atoms. The lowest BCUT2D eigenvalue weighted by Gasteiger charge is -2.27. The lowest BCUT2D eigenvalue weighted by Crippen LogP contribution is -2.47. The van der Waals surface area contributed by atoms with Crippen molar-refractivity contribution in [3.05, 3.63) is 64.4 Å². The van der Waals surface area contributed by atoms with Gasteiger partial charge < -0.3 is 15.1 Å². The molecule has 48 heavy (non-hydrogen) atoms. The number of likely N-dealkylation sites (tertiary alicyclic amines) is 1. The molecule has 0 unspecified atom stereocenters. The largest absolute Gasteiger partial charge is 0.325 e. The molecule has 4 aromatic rings. The SMILES string of the molecule is CC(=O)c1nn(CC(=O)N2[C@H]3C[C@@]4(CCCCCCCN(C)Cc5ccc(Br)nc5NC3=O)C[C@@H]24)c2ccc(-c3cnc(C)nc3)cc12. The number of aryl methyl sites for hydroxylation is 1. The molecule has 0 radical (unpaired) electrons. The van der Waals surface area contributed by atoms with E-state index in [-0.39, 0.29) is 35.6 Å². The Hall–Kier alpha value is -4.03. The number of fused-ring (bicyclic) bond motifs is 3. The number of halogens is 1. The average molecular weight is 714 g/mol. The molecule has 7 rings (SSSR count). The molecule has 3 aromatic heterocycles. The summed E-state index contributed by atoms with van der Waals surface area (Å²) in [6.07, 6.45) is 11.8. The van der Waals surface area contributed by atoms with E-state index in [1.807, 2.05) is 42.2 Å². The second-order valence-electron chi connectivity index (χ2n) is 13.8. The fourth-order valence-electron chi connectivity index (χ4n) is 7.73. The summed E-state index contributed by atoms with van der Waals surface area (Å²) in [6.45, 7) is 4.89. The Balaban J connectivity index is 1.19. The molecule has 1 spiro atoms. The van der Waals surface area contributed by atoms with Crippen LogP contribution in [-0.4, -0.2) is 77.8 Å². The highest BCUT2D eigenvalue weighted by Gasteiger charge is 2.66. The van der Waals surface area contributed by atoms with Gasteiger partial charge >= 0.3 is 0 Å². The van der Waals surface area contributed by atoms with E-state index < -0.39 is 6.04 Å². The first kappa shape index (κ1) is 32.5. The van der Waals surface area contributed by atoms with Gasteiger partial charge in [-0.2, -0.15) is 5.10 Å². The number of carbonyl (C=O) groups excluding carboxylic acids is 3. The van der Waals surface area contributed by atoms with Gasteiger partial charge in [-0.15, -0.1) is 0 Å². The number of hydrogen-bond donors (Lipinski definition) is 1. The number of amides is 2. The normalized spacial score (nSPS) is 23.4. The maximum atomic E-state index is 14.3. The van der Waals surface area contributed by atoms with E-state index in [4.69, 9.17) is 0 Å². The number of anilines is 1. The fourth-order valence-corrected chi connectivity index (χ4v) is 8.04. The molecule has 3 aliphatic rings. The molecule has 1 N–H and O–H groups in total. The van der Waals surface area contributed by atoms with Crippen molar-refractivity contribution < 1.29 is 14.4 Å². The zero-order valence-electron chi connectivity index (χ0n) is 27.7. The number of pyridine rings is 1. The summed E-state index contributed by atoms with van der Waals surface area (Å²) >= 11 is 3.48. The number of benzene rings is 1. The third-order valence-electron chi connectivity index (χ3n) is 10.3. The van der Waals surface area contributed by atoms with Crippen molar-refractivity contribution in [3.63, 3.8) is 0 Å². The van der Waals surface area contributed by atoms with E-state index in [0.717, 1.165) is 55.3 Å². The Morgan fingerprint density at radius 2 is 1.79 bits per heavy atom. The van der Waals surface area contributed by atoms with Crippen LogP contribution in [0.1, 0.15) is 80.2 Å². The van der Waals surface area contributed by atoms with Gasteiger partial charge in [0.15, 0.2) is 5.78 Å². The Morgan fingerprint density at radius 3 is 2.58 bits per heavy atom. The maximum absolute atomic E-state index is 14.3. The van der Waals surface area contributed by atoms with Crippen LogP contribution in [0, 0.1) is 12.3 Å². The quantitative estimate of drug-likeness (QED) is 0.203. The molecular formula is C36H41BrN8O3. The van der Waals surface area contributed by atoms with Crippen LogP contribution in [0.25, 0.3) is 22.0 Å². The Morgan fingerprint density at radius 1 is 1.02 bits per heavy atom. The highest BCUT2D eigenvalue weighted by Crippen LogP contribution is 2.62. The summed E-state index contributed by atoms with van der Waals surface area (Å²) in [5.41, 5.74) is 3.58. The average Bonchev–Trinajstić information content (AvgIpc) is 3.47. The first-order valence-corrected chi connectivity index (χ1v) is 17.7. The van der Waals surface area contributed by atoms with Crippen LogP contribution in [0.5, 0.6) is 0 Å². The Bertz CT molecular complexity index is 1890. The number of nitrogens with zero attached hydrogens (tertiary/aromatic N) is 7. The molecule has 5 heterocycles. The first-order chi connectivity index (χ1) is 23.1. The van der Waals surface area contributed by atoms with Crippen molar-refractivity contribution in [2.75, 3.05) is 18.9 Å². The van der Waals surface area contributed by atoms with Crippen LogP contribution in [0.3, 0.4) is 0 Å². The fraction of sp³-hybridized carbons (Fsp3) is 0.472. The van der Waals surface area contributed by atoms with Crippen molar-refractivity contribution in [1.29, 1.82) is 0 Å². The van der Waals surface area contributed by atoms with Crippen molar-refractivity contribution in [2.24, 2.45) is 5.41 Å². The van der Waals surface area contributed by atoms with Gasteiger partial charge in [-0.25, -0.2) is 15.0 Å². The molecule has 2 amide bonds. The monoisotopic (exact) mass is 712 g/mol. The van der Waals surface area contributed by atoms with Gasteiger partial charge in [0.25, 0.3) is 0 Å². The second kappa shape index (κ2) is 13.1. The predicted molar refractivity (Wildman–Crippen MR) is 186 cm³/mol. The third kappa shape index (κ3) is 6.39. The summed E-state index contributed by atoms with van der Waals surface area (Å²) in [6, 6.07) is 9.01. The van der Waals surface area contributed by atoms with Gasteiger partial charge in [-0.05, 0) is 91.3 Å². The van der Waals surface area contributed by atoms with E-state index in [2.05, 4.69) is 53.2 Å². The topological polar surface area (TPSA) is 126 Å². The van der Waals surface area contributed by atoms with Crippen LogP contribution in [0.15, 0.2) is 47.3 Å². The zero-order chi connectivity index (χ0) is 33.6. The number of ketones is 1. The lowest BCUT2D eigenvalue weighted by atomic mass is 9.92. The smallest absolute Gasteiger partial charge is 0.248 e. The van der Waals surface area contributed by atoms with Crippen molar-refractivity contribution in [1.82, 2.24) is 34.5 Å². The number of carbonyl (C=O) groups is 3. The van der Waals surface area contributed by atoms with Gasteiger partial charge in [-0.1, -0.05) is 37.8 Å². The standard InChI is InChI=1S/C36H41BrN8O3/c1-22(46)33-27-15-24(26-18-38-23(2)39-19-26)9-11-28(27)44(42-33)21-32(47)45-29-16-36(17-30(36)45)13-7-5-4-6-8-14-43(3)20-25-10-12-31(37)40-34(25)41-35(29)48/h9-12,15,18-19,29-30H,4-8,13-14,16-17,20-21H2,1-3H3,(H,40,41,48)/t29-,30+,36-/m0/s1. The lowest BCUT2D eigenvalue weighted by molar-refractivity contribution is -0.138. The molecule has 1 aromatic carbocycles. The zero-order valence-corrected chi connectivity index (χ0v) is 29.3. The summed E-state index contributed by atoms with van der Waals surface area (Å²) in [5, 5.41) is 8.42. The van der Waals surface area contributed by atoms with Crippen molar-refractivity contribution in [3.8, 4) is 11.1 Å². The minimum atomic E-state index is -0.613. The number of nitrogens with one attached hydrogen (secondary N) is 1. The third-order valence-corrected chi connectivity index (χ3v) is 10.8. The number of aromatic nitrogens is 5. The minimum absolute atomic E-state index is 0.0137. The summed E-state index contributed by atoms with van der Waals surface area (Å²) in [5.74, 6) is 0.630. The van der Waals surface area contributed by atoms with Gasteiger partial charge in [0, 0.05) is 48.4 Å². The molecule has 1 saturated carbocycles. The Labute approximate surface area is 288 Å². The molecule has 3 atom stereocenters. The first-order valence-electron chi connectivity index (χ1n) is 16.9. The highest BCUT2D eigenvalue weighted by atomic mass is 79.9. The van der Waals surface area contributed by atoms with E-state index in [1.54, 1.807) is 17.1 Å². The van der Waals surface area contributed by atoms with Crippen LogP contribution >= 0.6 is 15.9 Å². The van der Waals surface area contributed by atoms with Gasteiger partial charge in [0.2, 0.25) is 11.8 Å². The summed E-state index contributed by atoms with van der Waals surface area (Å²) in [7, 11) is 2.10. The molecule has 250 valence electrons. The minimum Gasteiger partial charge on any atom is -0.325 e. The number of hydrogen-bond acceptors (Lipinski definition) is 8. The van der Waals surface area contributed by atoms with Gasteiger partial charge in [0.1, 0.15) is 34.5 Å². The van der Waals surface area contributed by atoms with Crippen LogP contribution in [0.4, 0.5) is 5.82 Å². The molecule has 12 heteroatoms. The van der Waals surface area contributed by atoms with E-state index in [0.29, 0.717) is 45.8 Å². The van der Waals surface area contributed by atoms with E-state index >= 15 is 0 Å². The van der Waals surface area contributed by atoms with Gasteiger partial charge in [0.05, 0.1) is 5.52 Å². The summed E-state index contributed by atoms with van der Waals surface area (Å²) in [4.78, 5) is 58.5. The second-order valence-corrected chi connectivity index (χ2v) is 14.6. The number of piperidine rings is 1. The maximum Gasteiger partial charge on any atom is 0.248 e. The molecule has 1 saturated heterocycles. The van der Waals surface area contributed by atoms with E-state index in [9.17, 15) is 14.4 Å². The molecule has 11 nitrogen and oxygen atoms in total. The number of Topliss-reactive ketones (excluding diaryl/α,β-unsaturated/α-hetero) is 1. The van der Waals surface area contributed by atoms with Crippen molar-refractivity contribution in [2.45, 2.75) is 90.4 Å². The number of rotatable bonds is 4. The van der Waals surface area contributed by atoms with E-state index in [1.165, 1.54) is 19.8 Å². The molecule has 2 fully saturated rings. The Kier molecular flexibility index (Phi) is 8.88. The predicted octanol–water partition coefficient (Wildman–Crippen LogP) is 5.95. The van der Waals surface area contributed by atoms with Crippen LogP contribution in [-0.2, 0) is 22.7 Å². The molecule has 1 aliphatic carbocycles. The van der Waals surface area contributed by atoms with Crippen LogP contribution < -0.4 is 5.32 Å².